The fourth-order valence-corrected chi connectivity index (χ4v) is 1.44. The molecule has 0 fully saturated rings. The summed E-state index contributed by atoms with van der Waals surface area (Å²) in [7, 11) is 1.48. The zero-order valence-electron chi connectivity index (χ0n) is 13.0. The summed E-state index contributed by atoms with van der Waals surface area (Å²) in [6.07, 6.45) is 1.52. The Bertz CT molecular complexity index is 574. The number of carbonyl (C=O) groups excluding carboxylic acids is 3. The molecule has 124 valence electrons. The summed E-state index contributed by atoms with van der Waals surface area (Å²) in [6, 6.07) is 5.12. The van der Waals surface area contributed by atoms with Crippen molar-refractivity contribution in [3.63, 3.8) is 0 Å². The first-order valence-electron chi connectivity index (χ1n) is 6.84. The number of pyridine rings is 1. The van der Waals surface area contributed by atoms with Gasteiger partial charge in [0.05, 0.1) is 13.0 Å². The van der Waals surface area contributed by atoms with Crippen LogP contribution in [0.25, 0.3) is 0 Å². The van der Waals surface area contributed by atoms with E-state index in [1.165, 1.54) is 7.11 Å². The summed E-state index contributed by atoms with van der Waals surface area (Å²) < 4.78 is 4.74. The van der Waals surface area contributed by atoms with Crippen LogP contribution in [0, 0.1) is 0 Å². The number of methoxy groups -OCH3 is 1. The van der Waals surface area contributed by atoms with Gasteiger partial charge in [0.15, 0.2) is 0 Å². The van der Waals surface area contributed by atoms with Crippen molar-refractivity contribution in [3.05, 3.63) is 24.4 Å². The number of hydrogen-bond donors (Lipinski definition) is 3. The van der Waals surface area contributed by atoms with E-state index in [2.05, 4.69) is 26.1 Å². The third kappa shape index (κ3) is 7.67. The highest BCUT2D eigenvalue weighted by molar-refractivity contribution is 6.35. The highest BCUT2D eigenvalue weighted by atomic mass is 16.5. The standard InChI is InChI=1S/C14H19N5O4/c1-10(9-12(20)17-11-5-3-4-6-15-11)18-19-14(22)13(21)16-7-8-23-2/h3-6H,7-9H2,1-2H3,(H,16,21)(H,19,22)(H,15,17,20)/b18-10-. The van der Waals surface area contributed by atoms with Gasteiger partial charge < -0.3 is 15.4 Å². The van der Waals surface area contributed by atoms with Crippen molar-refractivity contribution in [3.8, 4) is 0 Å². The number of ether oxygens (including phenoxy) is 1. The lowest BCUT2D eigenvalue weighted by Gasteiger charge is -2.05. The molecule has 0 radical (unpaired) electrons. The zero-order chi connectivity index (χ0) is 17.1. The second-order valence-corrected chi connectivity index (χ2v) is 4.48. The number of amides is 3. The Kier molecular flexibility index (Phi) is 7.94. The summed E-state index contributed by atoms with van der Waals surface area (Å²) in [5, 5.41) is 8.63. The molecule has 3 N–H and O–H groups in total. The van der Waals surface area contributed by atoms with Crippen molar-refractivity contribution in [1.82, 2.24) is 15.7 Å². The molecule has 1 aromatic heterocycles. The number of aromatic nitrogens is 1. The van der Waals surface area contributed by atoms with E-state index in [1.807, 2.05) is 0 Å². The molecule has 1 heterocycles. The first-order valence-corrected chi connectivity index (χ1v) is 6.84. The zero-order valence-corrected chi connectivity index (χ0v) is 13.0. The van der Waals surface area contributed by atoms with Crippen LogP contribution in [0.4, 0.5) is 5.82 Å². The number of carbonyl (C=O) groups is 3. The maximum absolute atomic E-state index is 11.7. The molecule has 3 amide bonds. The molecule has 0 spiro atoms. The van der Waals surface area contributed by atoms with Crippen LogP contribution in [0.3, 0.4) is 0 Å². The lowest BCUT2D eigenvalue weighted by atomic mass is 10.3. The monoisotopic (exact) mass is 321 g/mol. The Morgan fingerprint density at radius 3 is 2.70 bits per heavy atom. The molecule has 0 saturated heterocycles. The van der Waals surface area contributed by atoms with Gasteiger partial charge in [-0.2, -0.15) is 5.10 Å². The largest absolute Gasteiger partial charge is 0.383 e. The normalized spacial score (nSPS) is 10.8. The lowest BCUT2D eigenvalue weighted by molar-refractivity contribution is -0.139. The molecule has 0 aliphatic heterocycles. The molecule has 0 unspecified atom stereocenters. The highest BCUT2D eigenvalue weighted by Gasteiger charge is 2.12. The Morgan fingerprint density at radius 1 is 1.26 bits per heavy atom. The molecule has 23 heavy (non-hydrogen) atoms. The summed E-state index contributed by atoms with van der Waals surface area (Å²) in [5.41, 5.74) is 2.42. The van der Waals surface area contributed by atoms with Gasteiger partial charge in [0.2, 0.25) is 5.91 Å². The summed E-state index contributed by atoms with van der Waals surface area (Å²) in [5.74, 6) is -1.64. The van der Waals surface area contributed by atoms with Gasteiger partial charge in [-0.1, -0.05) is 6.07 Å². The fourth-order valence-electron chi connectivity index (χ4n) is 1.44. The summed E-state index contributed by atoms with van der Waals surface area (Å²) in [6.45, 7) is 2.08. The predicted octanol–water partition coefficient (Wildman–Crippen LogP) is -0.335. The van der Waals surface area contributed by atoms with Crippen molar-refractivity contribution >= 4 is 29.3 Å². The van der Waals surface area contributed by atoms with Crippen LogP contribution in [-0.2, 0) is 19.1 Å². The minimum absolute atomic E-state index is 0.0395. The quantitative estimate of drug-likeness (QED) is 0.275. The molecular weight excluding hydrogens is 302 g/mol. The molecular formula is C14H19N5O4. The second-order valence-electron chi connectivity index (χ2n) is 4.48. The van der Waals surface area contributed by atoms with E-state index in [-0.39, 0.29) is 18.9 Å². The van der Waals surface area contributed by atoms with E-state index in [9.17, 15) is 14.4 Å². The van der Waals surface area contributed by atoms with Gasteiger partial charge in [-0.15, -0.1) is 0 Å². The van der Waals surface area contributed by atoms with E-state index < -0.39 is 11.8 Å². The molecule has 0 aromatic carbocycles. The predicted molar refractivity (Wildman–Crippen MR) is 83.6 cm³/mol. The molecule has 0 saturated carbocycles. The van der Waals surface area contributed by atoms with Crippen LogP contribution in [0.2, 0.25) is 0 Å². The number of nitrogens with one attached hydrogen (secondary N) is 3. The van der Waals surface area contributed by atoms with Crippen LogP contribution in [-0.4, -0.2) is 48.7 Å². The first kappa shape index (κ1) is 18.2. The van der Waals surface area contributed by atoms with Crippen LogP contribution in [0.15, 0.2) is 29.5 Å². The number of nitrogens with zero attached hydrogens (tertiary/aromatic N) is 2. The first-order chi connectivity index (χ1) is 11.0. The van der Waals surface area contributed by atoms with Crippen LogP contribution < -0.4 is 16.1 Å². The summed E-state index contributed by atoms with van der Waals surface area (Å²) >= 11 is 0. The van der Waals surface area contributed by atoms with E-state index in [1.54, 1.807) is 31.3 Å². The number of hydrazone groups is 1. The van der Waals surface area contributed by atoms with E-state index in [4.69, 9.17) is 4.74 Å². The SMILES string of the molecule is COCCNC(=O)C(=O)N/N=C(/C)CC(=O)Nc1ccccn1. The molecule has 1 aromatic rings. The maximum Gasteiger partial charge on any atom is 0.329 e. The maximum atomic E-state index is 11.7. The fraction of sp³-hybridized carbons (Fsp3) is 0.357. The molecule has 0 aliphatic rings. The van der Waals surface area contributed by atoms with Gasteiger partial charge in [-0.05, 0) is 19.1 Å². The highest BCUT2D eigenvalue weighted by Crippen LogP contribution is 2.00. The van der Waals surface area contributed by atoms with Crippen molar-refractivity contribution in [2.45, 2.75) is 13.3 Å². The molecule has 9 heteroatoms. The van der Waals surface area contributed by atoms with Gasteiger partial charge in [-0.3, -0.25) is 14.4 Å². The van der Waals surface area contributed by atoms with Crippen LogP contribution in [0.5, 0.6) is 0 Å². The van der Waals surface area contributed by atoms with Gasteiger partial charge in [0.1, 0.15) is 5.82 Å². The second kappa shape index (κ2) is 10.0. The third-order valence-corrected chi connectivity index (χ3v) is 2.50. The van der Waals surface area contributed by atoms with Crippen molar-refractivity contribution < 1.29 is 19.1 Å². The van der Waals surface area contributed by atoms with E-state index >= 15 is 0 Å². The topological polar surface area (TPSA) is 122 Å². The molecule has 0 bridgehead atoms. The van der Waals surface area contributed by atoms with Gasteiger partial charge in [0, 0.05) is 25.6 Å². The Hall–Kier alpha value is -2.81. The molecule has 9 nitrogen and oxygen atoms in total. The van der Waals surface area contributed by atoms with E-state index in [0.29, 0.717) is 18.1 Å². The average Bonchev–Trinajstić information content (AvgIpc) is 2.53. The Morgan fingerprint density at radius 2 is 2.04 bits per heavy atom. The minimum Gasteiger partial charge on any atom is -0.383 e. The van der Waals surface area contributed by atoms with Crippen LogP contribution >= 0.6 is 0 Å². The lowest BCUT2D eigenvalue weighted by Crippen LogP contribution is -2.39. The van der Waals surface area contributed by atoms with Gasteiger partial charge >= 0.3 is 11.8 Å². The third-order valence-electron chi connectivity index (χ3n) is 2.50. The average molecular weight is 321 g/mol. The number of rotatable bonds is 7. The minimum atomic E-state index is -0.911. The van der Waals surface area contributed by atoms with Crippen LogP contribution in [0.1, 0.15) is 13.3 Å². The molecule has 1 rings (SSSR count). The Balaban J connectivity index is 2.37. The van der Waals surface area contributed by atoms with Crippen molar-refractivity contribution in [2.24, 2.45) is 5.10 Å². The van der Waals surface area contributed by atoms with Crippen molar-refractivity contribution in [2.75, 3.05) is 25.6 Å². The number of anilines is 1. The Labute approximate surface area is 133 Å². The van der Waals surface area contributed by atoms with Gasteiger partial charge in [-0.25, -0.2) is 10.4 Å². The number of hydrogen-bond acceptors (Lipinski definition) is 6. The summed E-state index contributed by atoms with van der Waals surface area (Å²) in [4.78, 5) is 38.5. The van der Waals surface area contributed by atoms with E-state index in [0.717, 1.165) is 0 Å². The van der Waals surface area contributed by atoms with Crippen molar-refractivity contribution in [1.29, 1.82) is 0 Å². The smallest absolute Gasteiger partial charge is 0.329 e. The molecule has 0 atom stereocenters. The van der Waals surface area contributed by atoms with Gasteiger partial charge in [0.25, 0.3) is 0 Å². The molecule has 0 aliphatic carbocycles.